The summed E-state index contributed by atoms with van der Waals surface area (Å²) in [6.45, 7) is 0. The van der Waals surface area contributed by atoms with E-state index >= 15 is 0 Å². The van der Waals surface area contributed by atoms with Crippen molar-refractivity contribution in [3.05, 3.63) is 60.9 Å². The van der Waals surface area contributed by atoms with E-state index in [1.807, 2.05) is 48.5 Å². The Morgan fingerprint density at radius 1 is 0.565 bits per heavy atom. The Balaban J connectivity index is 1.45. The summed E-state index contributed by atoms with van der Waals surface area (Å²) in [5.41, 5.74) is 2.92. The quantitative estimate of drug-likeness (QED) is 0.423. The highest BCUT2D eigenvalue weighted by Gasteiger charge is 2.04. The molecule has 0 bridgehead atoms. The van der Waals surface area contributed by atoms with Crippen LogP contribution in [0.2, 0.25) is 0 Å². The molecule has 4 aromatic rings. The van der Waals surface area contributed by atoms with E-state index in [-0.39, 0.29) is 11.8 Å². The summed E-state index contributed by atoms with van der Waals surface area (Å²) in [5.74, 6) is 0.356. The zero-order valence-corrected chi connectivity index (χ0v) is 11.8. The largest absolute Gasteiger partial charge is 0.279 e. The molecule has 0 aliphatic carbocycles. The van der Waals surface area contributed by atoms with Crippen molar-refractivity contribution in [1.82, 2.24) is 19.9 Å². The van der Waals surface area contributed by atoms with Gasteiger partial charge in [0.2, 0.25) is 0 Å². The topological polar surface area (TPSA) is 79.2 Å². The first-order valence-corrected chi connectivity index (χ1v) is 6.83. The van der Waals surface area contributed by atoms with E-state index in [9.17, 15) is 0 Å². The van der Waals surface area contributed by atoms with Crippen molar-refractivity contribution < 1.29 is 14.8 Å². The second kappa shape index (κ2) is 5.82. The van der Waals surface area contributed by atoms with Crippen molar-refractivity contribution in [1.29, 1.82) is 0 Å². The van der Waals surface area contributed by atoms with Crippen LogP contribution < -0.4 is 9.78 Å². The van der Waals surface area contributed by atoms with Crippen LogP contribution in [0, 0.1) is 0 Å². The van der Waals surface area contributed by atoms with Crippen LogP contribution in [0.25, 0.3) is 22.1 Å². The molecule has 7 heteroatoms. The van der Waals surface area contributed by atoms with Crippen molar-refractivity contribution in [2.75, 3.05) is 0 Å². The molecular weight excluding hydrogens is 296 g/mol. The fourth-order valence-corrected chi connectivity index (χ4v) is 2.05. The minimum absolute atomic E-state index is 0.178. The lowest BCUT2D eigenvalue weighted by Crippen LogP contribution is -2.05. The van der Waals surface area contributed by atoms with Gasteiger partial charge in [-0.15, -0.1) is 0 Å². The van der Waals surface area contributed by atoms with Gasteiger partial charge in [-0.1, -0.05) is 24.3 Å². The van der Waals surface area contributed by atoms with Crippen molar-refractivity contribution in [3.63, 3.8) is 0 Å². The smallest absolute Gasteiger partial charge is 0.277 e. The van der Waals surface area contributed by atoms with Crippen molar-refractivity contribution in [3.8, 4) is 11.8 Å². The predicted octanol–water partition coefficient (Wildman–Crippen LogP) is 2.88. The average molecular weight is 306 g/mol. The molecule has 0 saturated heterocycles. The van der Waals surface area contributed by atoms with Gasteiger partial charge in [-0.25, -0.2) is 19.9 Å². The Bertz CT molecular complexity index is 898. The zero-order valence-electron chi connectivity index (χ0n) is 11.8. The summed E-state index contributed by atoms with van der Waals surface area (Å²) < 4.78 is 0. The van der Waals surface area contributed by atoms with E-state index in [1.165, 1.54) is 12.4 Å². The van der Waals surface area contributed by atoms with Crippen LogP contribution in [-0.4, -0.2) is 19.9 Å². The lowest BCUT2D eigenvalue weighted by molar-refractivity contribution is -0.414. The number of rotatable bonds is 4. The van der Waals surface area contributed by atoms with Gasteiger partial charge in [0, 0.05) is 5.04 Å². The molecule has 23 heavy (non-hydrogen) atoms. The van der Waals surface area contributed by atoms with Crippen LogP contribution in [0.4, 0.5) is 0 Å². The molecule has 2 aromatic heterocycles. The van der Waals surface area contributed by atoms with Crippen LogP contribution in [-0.2, 0) is 5.04 Å². The monoisotopic (exact) mass is 306 g/mol. The molecule has 0 aliphatic heterocycles. The summed E-state index contributed by atoms with van der Waals surface area (Å²) in [5, 5.41) is 4.70. The number of nitrogens with zero attached hydrogens (tertiary/aromatic N) is 4. The summed E-state index contributed by atoms with van der Waals surface area (Å²) in [6, 6.07) is 14.9. The molecule has 0 radical (unpaired) electrons. The minimum atomic E-state index is 0.178. The highest BCUT2D eigenvalue weighted by Crippen LogP contribution is 2.15. The summed E-state index contributed by atoms with van der Waals surface area (Å²) in [7, 11) is 0. The molecule has 0 spiro atoms. The number of hydrogen-bond donors (Lipinski definition) is 0. The van der Waals surface area contributed by atoms with Gasteiger partial charge in [0.25, 0.3) is 11.8 Å². The lowest BCUT2D eigenvalue weighted by atomic mass is 10.3. The van der Waals surface area contributed by atoms with Gasteiger partial charge in [-0.3, -0.25) is 9.78 Å². The summed E-state index contributed by atoms with van der Waals surface area (Å²) >= 11 is 0. The third kappa shape index (κ3) is 2.85. The highest BCUT2D eigenvalue weighted by molar-refractivity contribution is 5.74. The Labute approximate surface area is 130 Å². The first kappa shape index (κ1) is 13.4. The van der Waals surface area contributed by atoms with Gasteiger partial charge in [0.15, 0.2) is 0 Å². The van der Waals surface area contributed by atoms with Gasteiger partial charge in [-0.2, -0.15) is 0 Å². The fraction of sp³-hybridized carbons (Fsp3) is 0. The molecule has 4 rings (SSSR count). The van der Waals surface area contributed by atoms with Gasteiger partial charge in [0.05, 0.1) is 34.5 Å². The highest BCUT2D eigenvalue weighted by atomic mass is 17.5. The fourth-order valence-electron chi connectivity index (χ4n) is 2.05. The maximum Gasteiger partial charge on any atom is 0.279 e. The van der Waals surface area contributed by atoms with Crippen LogP contribution in [0.1, 0.15) is 0 Å². The molecule has 0 N–H and O–H groups in total. The maximum absolute atomic E-state index is 4.97. The van der Waals surface area contributed by atoms with E-state index in [1.54, 1.807) is 0 Å². The molecule has 2 aromatic carbocycles. The normalized spacial score (nSPS) is 10.8. The molecule has 112 valence electrons. The number of benzene rings is 2. The molecule has 0 amide bonds. The van der Waals surface area contributed by atoms with E-state index in [0.29, 0.717) is 11.0 Å². The number of aromatic nitrogens is 4. The molecular formula is C16H10N4O3. The minimum Gasteiger partial charge on any atom is -0.277 e. The van der Waals surface area contributed by atoms with Crippen molar-refractivity contribution in [2.45, 2.75) is 0 Å². The molecule has 7 nitrogen and oxygen atoms in total. The van der Waals surface area contributed by atoms with Gasteiger partial charge >= 0.3 is 0 Å². The third-order valence-corrected chi connectivity index (χ3v) is 3.09. The molecule has 0 atom stereocenters. The van der Waals surface area contributed by atoms with E-state index in [0.717, 1.165) is 11.0 Å². The van der Waals surface area contributed by atoms with Crippen LogP contribution in [0.5, 0.6) is 11.8 Å². The van der Waals surface area contributed by atoms with Gasteiger partial charge < -0.3 is 0 Å². The third-order valence-electron chi connectivity index (χ3n) is 3.09. The van der Waals surface area contributed by atoms with Crippen LogP contribution >= 0.6 is 0 Å². The molecule has 0 fully saturated rings. The first-order chi connectivity index (χ1) is 11.4. The van der Waals surface area contributed by atoms with Crippen LogP contribution in [0.15, 0.2) is 60.9 Å². The maximum atomic E-state index is 4.97. The molecule has 0 saturated carbocycles. The standard InChI is InChI=1S/C16H10N4O3/c1-3-7-13-11(5-1)17-9-15(19-13)21-23-22-16-10-18-12-6-2-4-8-14(12)20-16/h1-10H. The van der Waals surface area contributed by atoms with E-state index in [4.69, 9.17) is 14.8 Å². The second-order valence-corrected chi connectivity index (χ2v) is 4.63. The Morgan fingerprint density at radius 3 is 1.48 bits per heavy atom. The van der Waals surface area contributed by atoms with Crippen molar-refractivity contribution in [2.24, 2.45) is 0 Å². The van der Waals surface area contributed by atoms with E-state index < -0.39 is 0 Å². The Hall–Kier alpha value is -3.32. The first-order valence-electron chi connectivity index (χ1n) is 6.83. The average Bonchev–Trinajstić information content (AvgIpc) is 2.61. The SMILES string of the molecule is c1ccc2nc(OOOc3cnc4ccccc4n3)cnc2c1. The van der Waals surface area contributed by atoms with Gasteiger partial charge in [0.1, 0.15) is 0 Å². The molecule has 2 heterocycles. The zero-order chi connectivity index (χ0) is 15.5. The lowest BCUT2D eigenvalue weighted by Gasteiger charge is -2.04. The number of para-hydroxylation sites is 4. The summed E-state index contributed by atoms with van der Waals surface area (Å²) in [6.07, 6.45) is 2.88. The number of hydrogen-bond acceptors (Lipinski definition) is 7. The number of fused-ring (bicyclic) bond motifs is 2. The van der Waals surface area contributed by atoms with Gasteiger partial charge in [-0.05, 0) is 24.3 Å². The summed E-state index contributed by atoms with van der Waals surface area (Å²) in [4.78, 5) is 26.8. The molecule has 0 unspecified atom stereocenters. The predicted molar refractivity (Wildman–Crippen MR) is 81.4 cm³/mol. The Kier molecular flexibility index (Phi) is 3.38. The van der Waals surface area contributed by atoms with Crippen LogP contribution in [0.3, 0.4) is 0 Å². The molecule has 0 aliphatic rings. The Morgan fingerprint density at radius 2 is 1.00 bits per heavy atom. The van der Waals surface area contributed by atoms with E-state index in [2.05, 4.69) is 19.9 Å². The van der Waals surface area contributed by atoms with Crippen molar-refractivity contribution >= 4 is 22.1 Å². The second-order valence-electron chi connectivity index (χ2n) is 4.63.